The number of likely N-dealkylation sites (N-methyl/N-ethyl adjacent to an activating group) is 1. The third-order valence-corrected chi connectivity index (χ3v) is 11.4. The van der Waals surface area contributed by atoms with Crippen molar-refractivity contribution in [3.8, 4) is 0 Å². The van der Waals surface area contributed by atoms with Crippen molar-refractivity contribution in [3.63, 3.8) is 0 Å². The fourth-order valence-electron chi connectivity index (χ4n) is 8.22. The van der Waals surface area contributed by atoms with Crippen molar-refractivity contribution in [2.45, 2.75) is 128 Å². The number of hydrogen-bond donors (Lipinski definition) is 3. The average molecular weight is 734 g/mol. The van der Waals surface area contributed by atoms with E-state index in [0.29, 0.717) is 12.0 Å². The van der Waals surface area contributed by atoms with Gasteiger partial charge in [0, 0.05) is 31.3 Å². The van der Waals surface area contributed by atoms with Crippen molar-refractivity contribution < 1.29 is 52.7 Å². The van der Waals surface area contributed by atoms with Gasteiger partial charge in [-0.15, -0.1) is 0 Å². The van der Waals surface area contributed by atoms with Crippen LogP contribution < -0.4 is 11.1 Å². The summed E-state index contributed by atoms with van der Waals surface area (Å²) >= 11 is 0. The van der Waals surface area contributed by atoms with Crippen LogP contribution in [0, 0.1) is 23.7 Å². The zero-order valence-electron chi connectivity index (χ0n) is 32.2. The van der Waals surface area contributed by atoms with Crippen molar-refractivity contribution in [1.29, 1.82) is 0 Å². The second-order valence-electron chi connectivity index (χ2n) is 15.5. The number of aliphatic hydroxyl groups is 1. The number of ketones is 1. The van der Waals surface area contributed by atoms with Gasteiger partial charge in [0.25, 0.3) is 0 Å². The third-order valence-electron chi connectivity index (χ3n) is 11.4. The number of Topliss-reactive ketones (excluding diaryl/α,β-unsaturated/α-hetero) is 1. The quantitative estimate of drug-likeness (QED) is 0.262. The number of amides is 1. The number of aliphatic hydroxyl groups excluding tert-OH is 1. The van der Waals surface area contributed by atoms with Crippen LogP contribution in [-0.4, -0.2) is 122 Å². The lowest BCUT2D eigenvalue weighted by Gasteiger charge is -2.48. The summed E-state index contributed by atoms with van der Waals surface area (Å²) in [4.78, 5) is 56.1. The number of benzene rings is 1. The van der Waals surface area contributed by atoms with Crippen molar-refractivity contribution >= 4 is 23.8 Å². The van der Waals surface area contributed by atoms with Crippen LogP contribution in [0.2, 0.25) is 0 Å². The van der Waals surface area contributed by atoms with E-state index in [4.69, 9.17) is 34.2 Å². The molecule has 14 nitrogen and oxygen atoms in total. The van der Waals surface area contributed by atoms with Gasteiger partial charge in [0.05, 0.1) is 47.5 Å². The zero-order chi connectivity index (χ0) is 38.7. The van der Waals surface area contributed by atoms with E-state index in [1.165, 1.54) is 7.11 Å². The number of carbonyl (C=O) groups excluding carboxylic acids is 4. The highest BCUT2D eigenvalue weighted by Gasteiger charge is 2.57. The molecule has 3 saturated heterocycles. The zero-order valence-corrected chi connectivity index (χ0v) is 32.2. The van der Waals surface area contributed by atoms with Crippen LogP contribution in [0.25, 0.3) is 0 Å². The number of methoxy groups -OCH3 is 1. The predicted molar refractivity (Wildman–Crippen MR) is 190 cm³/mol. The molecule has 0 spiro atoms. The van der Waals surface area contributed by atoms with Gasteiger partial charge in [-0.25, -0.2) is 9.59 Å². The minimum absolute atomic E-state index is 0.107. The molecule has 0 aromatic heterocycles. The van der Waals surface area contributed by atoms with Gasteiger partial charge in [-0.1, -0.05) is 39.0 Å². The van der Waals surface area contributed by atoms with Gasteiger partial charge in [0.2, 0.25) is 0 Å². The number of nitrogens with one attached hydrogen (secondary N) is 1. The number of rotatable bonds is 8. The maximum atomic E-state index is 14.2. The highest BCUT2D eigenvalue weighted by atomic mass is 16.7. The Labute approximate surface area is 307 Å². The summed E-state index contributed by atoms with van der Waals surface area (Å²) in [7, 11) is 5.27. The molecule has 1 amide bonds. The maximum Gasteiger partial charge on any atom is 0.408 e. The molecule has 4 N–H and O–H groups in total. The van der Waals surface area contributed by atoms with Gasteiger partial charge >= 0.3 is 18.0 Å². The Hall–Kier alpha value is -3.14. The second-order valence-corrected chi connectivity index (χ2v) is 15.5. The summed E-state index contributed by atoms with van der Waals surface area (Å²) in [5.74, 6) is -4.79. The minimum Gasteiger partial charge on any atom is -0.458 e. The molecule has 0 bridgehead atoms. The van der Waals surface area contributed by atoms with Crippen LogP contribution in [0.15, 0.2) is 30.3 Å². The van der Waals surface area contributed by atoms with Gasteiger partial charge in [-0.3, -0.25) is 9.59 Å². The molecular formula is C38H59N3O11. The van der Waals surface area contributed by atoms with Crippen molar-refractivity contribution in [1.82, 2.24) is 10.2 Å². The number of fused-ring (bicyclic) bond motifs is 1. The molecule has 1 aromatic rings. The fourth-order valence-corrected chi connectivity index (χ4v) is 8.22. The predicted octanol–water partition coefficient (Wildman–Crippen LogP) is 3.07. The van der Waals surface area contributed by atoms with Crippen molar-refractivity contribution in [3.05, 3.63) is 35.9 Å². The highest BCUT2D eigenvalue weighted by molar-refractivity contribution is 5.89. The van der Waals surface area contributed by atoms with Crippen LogP contribution >= 0.6 is 0 Å². The van der Waals surface area contributed by atoms with E-state index >= 15 is 0 Å². The van der Waals surface area contributed by atoms with E-state index < -0.39 is 89.7 Å². The first-order chi connectivity index (χ1) is 24.4. The molecule has 1 aromatic carbocycles. The molecule has 0 unspecified atom stereocenters. The van der Waals surface area contributed by atoms with Crippen molar-refractivity contribution in [2.24, 2.45) is 29.4 Å². The maximum absolute atomic E-state index is 14.2. The molecule has 292 valence electrons. The molecule has 3 aliphatic heterocycles. The first-order valence-electron chi connectivity index (χ1n) is 18.3. The molecule has 0 radical (unpaired) electrons. The number of alkyl carbamates (subject to hydrolysis) is 1. The van der Waals surface area contributed by atoms with Gasteiger partial charge < -0.3 is 49.5 Å². The lowest BCUT2D eigenvalue weighted by Crippen LogP contribution is -2.61. The van der Waals surface area contributed by atoms with Crippen LogP contribution in [0.4, 0.5) is 4.79 Å². The Bertz CT molecular complexity index is 1410. The van der Waals surface area contributed by atoms with Crippen LogP contribution in [0.1, 0.15) is 78.1 Å². The molecule has 3 aliphatic rings. The third kappa shape index (κ3) is 8.63. The number of nitrogens with two attached hydrogens (primary N) is 1. The molecule has 4 rings (SSSR count). The fraction of sp³-hybridized carbons (Fsp3) is 0.737. The van der Waals surface area contributed by atoms with Crippen molar-refractivity contribution in [2.75, 3.05) is 27.7 Å². The molecule has 14 atom stereocenters. The van der Waals surface area contributed by atoms with E-state index in [-0.39, 0.29) is 37.3 Å². The standard InChI is InChI=1S/C38H59N3O11/c1-20-19-37(6,47-10)32(51-35-30(26(41(8)9)18-21(2)48-35)50-34(45)25-14-12-11-13-15-25)23(4)29(43)24(5)33(44)49-27(16-17-39)38(7)31(22(3)28(20)42)40-36(46)52-38/h11-15,20-24,26-27,29-32,35,43H,16-19,39H2,1-10H3,(H,40,46)/t20-,21-,22+,23+,24-,26+,27-,29+,30-,31-,32-,35+,37-,38-/m1/s1. The molecule has 14 heteroatoms. The number of ether oxygens (including phenoxy) is 6. The first kappa shape index (κ1) is 41.6. The molecule has 0 saturated carbocycles. The highest BCUT2D eigenvalue weighted by Crippen LogP contribution is 2.41. The van der Waals surface area contributed by atoms with Gasteiger partial charge in [-0.2, -0.15) is 0 Å². The molecule has 0 aliphatic carbocycles. The Kier molecular flexibility index (Phi) is 13.5. The minimum atomic E-state index is -1.41. The van der Waals surface area contributed by atoms with Gasteiger partial charge in [-0.05, 0) is 73.3 Å². The number of cyclic esters (lactones) is 1. The summed E-state index contributed by atoms with van der Waals surface area (Å²) in [6, 6.07) is 7.48. The van der Waals surface area contributed by atoms with E-state index in [1.54, 1.807) is 71.9 Å². The molecule has 3 heterocycles. The first-order valence-corrected chi connectivity index (χ1v) is 18.3. The monoisotopic (exact) mass is 733 g/mol. The second kappa shape index (κ2) is 16.9. The molecular weight excluding hydrogens is 674 g/mol. The number of nitrogens with zero attached hydrogens (tertiary/aromatic N) is 1. The van der Waals surface area contributed by atoms with Gasteiger partial charge in [0.1, 0.15) is 11.9 Å². The van der Waals surface area contributed by atoms with Gasteiger partial charge in [0.15, 0.2) is 18.0 Å². The van der Waals surface area contributed by atoms with Crippen LogP contribution in [0.5, 0.6) is 0 Å². The Balaban J connectivity index is 1.78. The number of carbonyl (C=O) groups is 4. The average Bonchev–Trinajstić information content (AvgIpc) is 3.43. The van der Waals surface area contributed by atoms with E-state index in [2.05, 4.69) is 5.32 Å². The summed E-state index contributed by atoms with van der Waals surface area (Å²) in [6.07, 6.45) is -5.61. The Morgan fingerprint density at radius 1 is 1.06 bits per heavy atom. The smallest absolute Gasteiger partial charge is 0.408 e. The summed E-state index contributed by atoms with van der Waals surface area (Å²) in [5.41, 5.74) is 3.62. The Morgan fingerprint density at radius 2 is 1.71 bits per heavy atom. The summed E-state index contributed by atoms with van der Waals surface area (Å²) < 4.78 is 37.3. The Morgan fingerprint density at radius 3 is 2.31 bits per heavy atom. The lowest BCUT2D eigenvalue weighted by molar-refractivity contribution is -0.300. The topological polar surface area (TPSA) is 185 Å². The number of hydrogen-bond acceptors (Lipinski definition) is 13. The normalized spacial score (nSPS) is 40.6. The molecule has 3 fully saturated rings. The van der Waals surface area contributed by atoms with Crippen LogP contribution in [0.3, 0.4) is 0 Å². The SMILES string of the molecule is CO[C@]1(C)C[C@@H](C)C(=O)[C@H](C)[C@H]2NC(=O)O[C@]2(C)[C@@H](CCN)OC(=O)[C@H](C)[C@@H](O)[C@H](C)[C@H]1O[C@@H]1O[C@H](C)C[C@H](N(C)C)[C@H]1OC(=O)c1ccccc1. The summed E-state index contributed by atoms with van der Waals surface area (Å²) in [5, 5.41) is 14.7. The summed E-state index contributed by atoms with van der Waals surface area (Å²) in [6.45, 7) is 12.2. The largest absolute Gasteiger partial charge is 0.458 e. The molecule has 52 heavy (non-hydrogen) atoms. The lowest BCUT2D eigenvalue weighted by atomic mass is 9.73. The van der Waals surface area contributed by atoms with E-state index in [1.807, 2.05) is 25.9 Å². The van der Waals surface area contributed by atoms with E-state index in [0.717, 1.165) is 0 Å². The number of esters is 2. The van der Waals surface area contributed by atoms with E-state index in [9.17, 15) is 24.3 Å². The van der Waals surface area contributed by atoms with Crippen LogP contribution in [-0.2, 0) is 38.0 Å².